The predicted octanol–water partition coefficient (Wildman–Crippen LogP) is 14.2. The Balaban J connectivity index is 1.06. The molecule has 0 N–H and O–H groups in total. The van der Waals surface area contributed by atoms with Crippen LogP contribution in [0.2, 0.25) is 0 Å². The summed E-state index contributed by atoms with van der Waals surface area (Å²) < 4.78 is 0. The molecule has 2 unspecified atom stereocenters. The maximum absolute atomic E-state index is 5.22. The van der Waals surface area contributed by atoms with Crippen LogP contribution in [-0.4, -0.2) is 9.97 Å². The molecule has 3 aliphatic rings. The predicted molar refractivity (Wildman–Crippen MR) is 252 cm³/mol. The highest BCUT2D eigenvalue weighted by atomic mass is 14.9. The SMILES string of the molecule is c1ccc(-c2cc(-c3ccccc3)nc(-c3cccc(-c4cccc5c4-c4ccccc4C54c5ccccc5C5(c6ccccc6)c6ccccc6-c6cccc4c65)c3)n2)cc1. The average molecular weight is 787 g/mol. The molecule has 2 atom stereocenters. The second-order valence-corrected chi connectivity index (χ2v) is 16.7. The van der Waals surface area contributed by atoms with E-state index in [1.807, 2.05) is 12.1 Å². The van der Waals surface area contributed by atoms with E-state index in [0.717, 1.165) is 33.6 Å². The molecule has 2 nitrogen and oxygen atoms in total. The van der Waals surface area contributed by atoms with Gasteiger partial charge in [-0.2, -0.15) is 0 Å². The normalized spacial score (nSPS) is 17.2. The van der Waals surface area contributed by atoms with Gasteiger partial charge in [-0.25, -0.2) is 9.97 Å². The number of nitrogens with zero attached hydrogens (tertiary/aromatic N) is 2. The highest BCUT2D eigenvalue weighted by Gasteiger charge is 2.59. The summed E-state index contributed by atoms with van der Waals surface area (Å²) in [4.78, 5) is 10.4. The molecule has 0 saturated carbocycles. The first kappa shape index (κ1) is 34.9. The van der Waals surface area contributed by atoms with Gasteiger partial charge >= 0.3 is 0 Å². The zero-order valence-corrected chi connectivity index (χ0v) is 33.8. The van der Waals surface area contributed by atoms with E-state index in [9.17, 15) is 0 Å². The first-order valence-corrected chi connectivity index (χ1v) is 21.5. The van der Waals surface area contributed by atoms with E-state index in [-0.39, 0.29) is 0 Å². The van der Waals surface area contributed by atoms with Crippen molar-refractivity contribution in [3.05, 3.63) is 275 Å². The van der Waals surface area contributed by atoms with E-state index in [1.54, 1.807) is 0 Å². The zero-order valence-electron chi connectivity index (χ0n) is 33.8. The van der Waals surface area contributed by atoms with Gasteiger partial charge in [-0.3, -0.25) is 0 Å². The van der Waals surface area contributed by atoms with Crippen LogP contribution in [0.15, 0.2) is 231 Å². The van der Waals surface area contributed by atoms with Crippen LogP contribution < -0.4 is 0 Å². The van der Waals surface area contributed by atoms with Crippen LogP contribution >= 0.6 is 0 Å². The maximum Gasteiger partial charge on any atom is 0.160 e. The third-order valence-electron chi connectivity index (χ3n) is 13.8. The molecule has 9 aromatic carbocycles. The largest absolute Gasteiger partial charge is 0.228 e. The molecule has 0 radical (unpaired) electrons. The van der Waals surface area contributed by atoms with Gasteiger partial charge in [-0.1, -0.05) is 218 Å². The molecule has 3 aliphatic carbocycles. The van der Waals surface area contributed by atoms with E-state index >= 15 is 0 Å². The Kier molecular flexibility index (Phi) is 7.47. The number of hydrogen-bond acceptors (Lipinski definition) is 2. The van der Waals surface area contributed by atoms with Crippen LogP contribution in [0, 0.1) is 0 Å². The molecule has 0 saturated heterocycles. The Morgan fingerprint density at radius 3 is 1.40 bits per heavy atom. The quantitative estimate of drug-likeness (QED) is 0.174. The molecule has 0 amide bonds. The molecule has 288 valence electrons. The monoisotopic (exact) mass is 786 g/mol. The van der Waals surface area contributed by atoms with Crippen LogP contribution in [-0.2, 0) is 10.8 Å². The van der Waals surface area contributed by atoms with Crippen molar-refractivity contribution in [2.45, 2.75) is 10.8 Å². The lowest BCUT2D eigenvalue weighted by molar-refractivity contribution is 0.636. The van der Waals surface area contributed by atoms with Crippen molar-refractivity contribution in [2.75, 3.05) is 0 Å². The zero-order chi connectivity index (χ0) is 40.8. The lowest BCUT2D eigenvalue weighted by Gasteiger charge is -2.48. The van der Waals surface area contributed by atoms with Gasteiger partial charge in [0, 0.05) is 16.7 Å². The second-order valence-electron chi connectivity index (χ2n) is 16.7. The summed E-state index contributed by atoms with van der Waals surface area (Å²) in [5.74, 6) is 0.703. The molecule has 1 spiro atoms. The Labute approximate surface area is 361 Å². The van der Waals surface area contributed by atoms with E-state index in [0.29, 0.717) is 5.82 Å². The first-order chi connectivity index (χ1) is 30.8. The lowest BCUT2D eigenvalue weighted by Crippen LogP contribution is -2.43. The molecule has 2 heteroatoms. The molecule has 10 aromatic rings. The van der Waals surface area contributed by atoms with Crippen molar-refractivity contribution >= 4 is 0 Å². The summed E-state index contributed by atoms with van der Waals surface area (Å²) in [7, 11) is 0. The van der Waals surface area contributed by atoms with Crippen molar-refractivity contribution in [1.29, 1.82) is 0 Å². The molecule has 0 fully saturated rings. The minimum atomic E-state index is -0.556. The van der Waals surface area contributed by atoms with E-state index in [1.165, 1.54) is 72.3 Å². The van der Waals surface area contributed by atoms with Gasteiger partial charge in [0.25, 0.3) is 0 Å². The molecular formula is C60H38N2. The Bertz CT molecular complexity index is 3350. The van der Waals surface area contributed by atoms with Crippen molar-refractivity contribution in [1.82, 2.24) is 9.97 Å². The van der Waals surface area contributed by atoms with Gasteiger partial charge < -0.3 is 0 Å². The summed E-state index contributed by atoms with van der Waals surface area (Å²) in [6, 6.07) is 84.6. The number of fused-ring (bicyclic) bond motifs is 12. The van der Waals surface area contributed by atoms with Crippen molar-refractivity contribution in [2.24, 2.45) is 0 Å². The summed E-state index contributed by atoms with van der Waals surface area (Å²) in [6.45, 7) is 0. The summed E-state index contributed by atoms with van der Waals surface area (Å²) in [5, 5.41) is 0. The third-order valence-corrected chi connectivity index (χ3v) is 13.8. The lowest BCUT2D eigenvalue weighted by atomic mass is 9.52. The summed E-state index contributed by atoms with van der Waals surface area (Å²) >= 11 is 0. The molecular weight excluding hydrogens is 749 g/mol. The maximum atomic E-state index is 5.22. The van der Waals surface area contributed by atoms with Crippen LogP contribution in [0.3, 0.4) is 0 Å². The fourth-order valence-electron chi connectivity index (χ4n) is 11.4. The number of hydrogen-bond donors (Lipinski definition) is 0. The molecule has 0 bridgehead atoms. The average Bonchev–Trinajstić information content (AvgIpc) is 3.83. The first-order valence-electron chi connectivity index (χ1n) is 21.5. The van der Waals surface area contributed by atoms with E-state index in [2.05, 4.69) is 218 Å². The fraction of sp³-hybridized carbons (Fsp3) is 0.0333. The minimum Gasteiger partial charge on any atom is -0.228 e. The van der Waals surface area contributed by atoms with Gasteiger partial charge in [0.1, 0.15) is 0 Å². The van der Waals surface area contributed by atoms with Crippen molar-refractivity contribution in [3.8, 4) is 67.3 Å². The van der Waals surface area contributed by atoms with Crippen molar-refractivity contribution in [3.63, 3.8) is 0 Å². The standard InChI is InChI=1S/C60H38N2/c1-4-19-39(20-5-1)54-38-55(40-21-6-2-7-22-40)62-58(61-54)42-24-16-23-41(37-42)44-29-17-35-52-56(44)47-28-11-13-32-49(47)60(52)51-34-15-14-33-50(51)59(43-25-8-3-9-26-43)48-31-12-10-27-45(48)46-30-18-36-53(60)57(46)59/h1-38H. The smallest absolute Gasteiger partial charge is 0.160 e. The van der Waals surface area contributed by atoms with Crippen LogP contribution in [0.4, 0.5) is 0 Å². The van der Waals surface area contributed by atoms with E-state index in [4.69, 9.17) is 9.97 Å². The third kappa shape index (κ3) is 4.64. The topological polar surface area (TPSA) is 25.8 Å². The molecule has 0 aliphatic heterocycles. The summed E-state index contributed by atoms with van der Waals surface area (Å²) in [6.07, 6.45) is 0. The van der Waals surface area contributed by atoms with Gasteiger partial charge in [-0.15, -0.1) is 0 Å². The molecule has 62 heavy (non-hydrogen) atoms. The van der Waals surface area contributed by atoms with Gasteiger partial charge in [0.05, 0.1) is 22.2 Å². The number of aromatic nitrogens is 2. The number of benzene rings is 9. The highest BCUT2D eigenvalue weighted by molar-refractivity contribution is 6.00. The Hall–Kier alpha value is -7.94. The van der Waals surface area contributed by atoms with Crippen LogP contribution in [0.25, 0.3) is 67.3 Å². The second kappa shape index (κ2) is 13.3. The fourth-order valence-corrected chi connectivity index (χ4v) is 11.4. The van der Waals surface area contributed by atoms with Crippen LogP contribution in [0.1, 0.15) is 44.5 Å². The molecule has 13 rings (SSSR count). The Morgan fingerprint density at radius 2 is 0.726 bits per heavy atom. The van der Waals surface area contributed by atoms with Crippen LogP contribution in [0.5, 0.6) is 0 Å². The Morgan fingerprint density at radius 1 is 0.274 bits per heavy atom. The summed E-state index contributed by atoms with van der Waals surface area (Å²) in [5.41, 5.74) is 22.1. The number of rotatable bonds is 5. The van der Waals surface area contributed by atoms with Crippen molar-refractivity contribution < 1.29 is 0 Å². The van der Waals surface area contributed by atoms with Gasteiger partial charge in [-0.05, 0) is 90.0 Å². The molecule has 1 heterocycles. The van der Waals surface area contributed by atoms with Gasteiger partial charge in [0.2, 0.25) is 0 Å². The highest BCUT2D eigenvalue weighted by Crippen LogP contribution is 2.69. The molecule has 1 aromatic heterocycles. The minimum absolute atomic E-state index is 0.470. The van der Waals surface area contributed by atoms with Gasteiger partial charge in [0.15, 0.2) is 5.82 Å². The van der Waals surface area contributed by atoms with E-state index < -0.39 is 10.8 Å².